The standard InChI is InChI=1S/C25H29FN8O2/c1-14-11-34(12-15(2)29-14)21-5-4-18(23-19(21)10-28-25(31-23)36-7-6-27)24(35)30-17-8-16-13-33(3)32-22(16)20(26)9-17/h4-5,8-10,13-15,29H,6-7,11-12,27H2,1-3H3,(H,30,35). The zero-order valence-electron chi connectivity index (χ0n) is 20.5. The van der Waals surface area contributed by atoms with E-state index in [9.17, 15) is 9.18 Å². The molecule has 5 rings (SSSR count). The Hall–Kier alpha value is -3.83. The van der Waals surface area contributed by atoms with Gasteiger partial charge in [-0.05, 0) is 38.1 Å². The molecule has 1 saturated heterocycles. The van der Waals surface area contributed by atoms with Crippen LogP contribution in [0.3, 0.4) is 0 Å². The summed E-state index contributed by atoms with van der Waals surface area (Å²) in [4.78, 5) is 24.6. The number of carbonyl (C=O) groups excluding carboxylic acids is 1. The number of nitrogens with one attached hydrogen (secondary N) is 2. The summed E-state index contributed by atoms with van der Waals surface area (Å²) in [5.41, 5.74) is 7.86. The lowest BCUT2D eigenvalue weighted by atomic mass is 10.0. The number of ether oxygens (including phenoxy) is 1. The smallest absolute Gasteiger partial charge is 0.316 e. The third-order valence-electron chi connectivity index (χ3n) is 6.13. The zero-order chi connectivity index (χ0) is 25.4. The van der Waals surface area contributed by atoms with Crippen molar-refractivity contribution >= 4 is 39.1 Å². The minimum Gasteiger partial charge on any atom is -0.462 e. The van der Waals surface area contributed by atoms with E-state index < -0.39 is 11.7 Å². The van der Waals surface area contributed by atoms with E-state index in [-0.39, 0.29) is 18.1 Å². The van der Waals surface area contributed by atoms with Gasteiger partial charge in [0.25, 0.3) is 5.91 Å². The van der Waals surface area contributed by atoms with Gasteiger partial charge in [-0.25, -0.2) is 9.37 Å². The van der Waals surface area contributed by atoms with E-state index in [2.05, 4.69) is 44.4 Å². The van der Waals surface area contributed by atoms with Gasteiger partial charge in [0.1, 0.15) is 12.1 Å². The predicted molar refractivity (Wildman–Crippen MR) is 137 cm³/mol. The maximum atomic E-state index is 14.6. The Bertz CT molecular complexity index is 1430. The molecule has 10 nitrogen and oxygen atoms in total. The Morgan fingerprint density at radius 1 is 1.25 bits per heavy atom. The van der Waals surface area contributed by atoms with Crippen molar-refractivity contribution in [3.63, 3.8) is 0 Å². The topological polar surface area (TPSA) is 123 Å². The van der Waals surface area contributed by atoms with Gasteiger partial charge < -0.3 is 26.0 Å². The highest BCUT2D eigenvalue weighted by atomic mass is 19.1. The molecule has 4 aromatic rings. The SMILES string of the molecule is CC1CN(c2ccc(C(=O)Nc3cc(F)c4nn(C)cc4c3)c3nc(OCCN)ncc23)CC(C)N1. The van der Waals surface area contributed by atoms with E-state index in [4.69, 9.17) is 10.5 Å². The van der Waals surface area contributed by atoms with Crippen molar-refractivity contribution in [2.45, 2.75) is 25.9 Å². The highest BCUT2D eigenvalue weighted by molar-refractivity contribution is 6.14. The van der Waals surface area contributed by atoms with Crippen LogP contribution in [0.25, 0.3) is 21.8 Å². The predicted octanol–water partition coefficient (Wildman–Crippen LogP) is 2.43. The van der Waals surface area contributed by atoms with Crippen molar-refractivity contribution in [3.05, 3.63) is 48.0 Å². The van der Waals surface area contributed by atoms with Crippen LogP contribution < -0.4 is 26.0 Å². The van der Waals surface area contributed by atoms with Crippen LogP contribution in [0.2, 0.25) is 0 Å². The first-order chi connectivity index (χ1) is 17.3. The summed E-state index contributed by atoms with van der Waals surface area (Å²) in [7, 11) is 1.72. The van der Waals surface area contributed by atoms with Gasteiger partial charge >= 0.3 is 6.01 Å². The van der Waals surface area contributed by atoms with Crippen LogP contribution in [0, 0.1) is 5.82 Å². The molecule has 1 amide bonds. The molecule has 4 N–H and O–H groups in total. The first kappa shape index (κ1) is 23.9. The highest BCUT2D eigenvalue weighted by Crippen LogP contribution is 2.31. The van der Waals surface area contributed by atoms with E-state index in [0.717, 1.165) is 24.2 Å². The summed E-state index contributed by atoms with van der Waals surface area (Å²) in [6.07, 6.45) is 3.38. The molecule has 0 bridgehead atoms. The van der Waals surface area contributed by atoms with Crippen molar-refractivity contribution in [2.75, 3.05) is 36.5 Å². The number of amides is 1. The molecule has 0 radical (unpaired) electrons. The summed E-state index contributed by atoms with van der Waals surface area (Å²) in [5.74, 6) is -0.926. The fourth-order valence-corrected chi connectivity index (χ4v) is 4.77. The Balaban J connectivity index is 1.54. The molecule has 1 aliphatic heterocycles. The molecule has 0 aliphatic carbocycles. The molecule has 0 spiro atoms. The molecule has 3 heterocycles. The van der Waals surface area contributed by atoms with Crippen molar-refractivity contribution < 1.29 is 13.9 Å². The lowest BCUT2D eigenvalue weighted by Gasteiger charge is -2.38. The van der Waals surface area contributed by atoms with Gasteiger partial charge in [-0.3, -0.25) is 9.48 Å². The first-order valence-corrected chi connectivity index (χ1v) is 11.9. The van der Waals surface area contributed by atoms with Crippen LogP contribution >= 0.6 is 0 Å². The number of nitrogens with zero attached hydrogens (tertiary/aromatic N) is 5. The number of benzene rings is 2. The minimum atomic E-state index is -0.509. The van der Waals surface area contributed by atoms with Gasteiger partial charge in [0.2, 0.25) is 0 Å². The van der Waals surface area contributed by atoms with Crippen LogP contribution in [0.1, 0.15) is 24.2 Å². The number of hydrogen-bond acceptors (Lipinski definition) is 8. The van der Waals surface area contributed by atoms with Gasteiger partial charge in [-0.15, -0.1) is 0 Å². The number of fused-ring (bicyclic) bond motifs is 2. The summed E-state index contributed by atoms with van der Waals surface area (Å²) in [5, 5.41) is 11.8. The van der Waals surface area contributed by atoms with Crippen LogP contribution in [0.5, 0.6) is 6.01 Å². The monoisotopic (exact) mass is 492 g/mol. The van der Waals surface area contributed by atoms with Gasteiger partial charge in [-0.1, -0.05) is 0 Å². The Morgan fingerprint density at radius 3 is 2.78 bits per heavy atom. The third-order valence-corrected chi connectivity index (χ3v) is 6.13. The number of rotatable bonds is 6. The molecule has 2 aromatic heterocycles. The minimum absolute atomic E-state index is 0.143. The second-order valence-corrected chi connectivity index (χ2v) is 9.21. The van der Waals surface area contributed by atoms with E-state index in [1.165, 1.54) is 10.7 Å². The van der Waals surface area contributed by atoms with E-state index in [0.29, 0.717) is 40.8 Å². The molecule has 1 aliphatic rings. The molecule has 2 aromatic carbocycles. The van der Waals surface area contributed by atoms with Crippen LogP contribution in [-0.4, -0.2) is 64.0 Å². The number of nitrogens with two attached hydrogens (primary N) is 1. The maximum Gasteiger partial charge on any atom is 0.316 e. The van der Waals surface area contributed by atoms with Crippen LogP contribution in [-0.2, 0) is 7.05 Å². The summed E-state index contributed by atoms with van der Waals surface area (Å²) in [6, 6.07) is 7.35. The summed E-state index contributed by atoms with van der Waals surface area (Å²) in [6.45, 7) is 6.46. The van der Waals surface area contributed by atoms with Crippen molar-refractivity contribution in [3.8, 4) is 6.01 Å². The van der Waals surface area contributed by atoms with E-state index in [1.807, 2.05) is 6.07 Å². The first-order valence-electron chi connectivity index (χ1n) is 11.9. The van der Waals surface area contributed by atoms with Crippen molar-refractivity contribution in [1.29, 1.82) is 0 Å². The second-order valence-electron chi connectivity index (χ2n) is 9.21. The van der Waals surface area contributed by atoms with Gasteiger partial charge in [-0.2, -0.15) is 10.1 Å². The summed E-state index contributed by atoms with van der Waals surface area (Å²) < 4.78 is 21.6. The normalized spacial score (nSPS) is 18.1. The Kier molecular flexibility index (Phi) is 6.42. The second kappa shape index (κ2) is 9.67. The van der Waals surface area contributed by atoms with Gasteiger partial charge in [0.15, 0.2) is 5.82 Å². The van der Waals surface area contributed by atoms with Crippen LogP contribution in [0.4, 0.5) is 15.8 Å². The molecule has 0 saturated carbocycles. The number of aromatic nitrogens is 4. The van der Waals surface area contributed by atoms with Gasteiger partial charge in [0, 0.05) is 73.3 Å². The number of anilines is 2. The molecule has 11 heteroatoms. The number of aryl methyl sites for hydroxylation is 1. The largest absolute Gasteiger partial charge is 0.462 e. The lowest BCUT2D eigenvalue weighted by molar-refractivity contribution is 0.102. The average Bonchev–Trinajstić information content (AvgIpc) is 3.22. The number of hydrogen-bond donors (Lipinski definition) is 3. The van der Waals surface area contributed by atoms with Crippen LogP contribution in [0.15, 0.2) is 36.7 Å². The molecule has 1 fully saturated rings. The molecule has 2 atom stereocenters. The summed E-state index contributed by atoms with van der Waals surface area (Å²) >= 11 is 0. The molecule has 2 unspecified atom stereocenters. The molecule has 188 valence electrons. The van der Waals surface area contributed by atoms with Gasteiger partial charge in [0.05, 0.1) is 11.1 Å². The lowest BCUT2D eigenvalue weighted by Crippen LogP contribution is -2.54. The molecular weight excluding hydrogens is 463 g/mol. The number of piperazine rings is 1. The Morgan fingerprint density at radius 2 is 2.03 bits per heavy atom. The highest BCUT2D eigenvalue weighted by Gasteiger charge is 2.25. The zero-order valence-corrected chi connectivity index (χ0v) is 20.5. The average molecular weight is 493 g/mol. The maximum absolute atomic E-state index is 14.6. The van der Waals surface area contributed by atoms with E-state index >= 15 is 0 Å². The van der Waals surface area contributed by atoms with Crippen molar-refractivity contribution in [2.24, 2.45) is 12.8 Å². The molecule has 36 heavy (non-hydrogen) atoms. The fourth-order valence-electron chi connectivity index (χ4n) is 4.77. The quantitative estimate of drug-likeness (QED) is 0.375. The van der Waals surface area contributed by atoms with E-state index in [1.54, 1.807) is 31.6 Å². The fraction of sp³-hybridized carbons (Fsp3) is 0.360. The number of carbonyl (C=O) groups is 1. The third kappa shape index (κ3) is 4.67. The Labute approximate surface area is 207 Å². The van der Waals surface area contributed by atoms with Crippen molar-refractivity contribution in [1.82, 2.24) is 25.1 Å². The number of halogens is 1. The molecular formula is C25H29FN8O2.